The Labute approximate surface area is 114 Å². The van der Waals surface area contributed by atoms with Gasteiger partial charge in [-0.1, -0.05) is 48.8 Å². The molecule has 0 spiro atoms. The van der Waals surface area contributed by atoms with E-state index in [2.05, 4.69) is 17.0 Å². The first kappa shape index (κ1) is 13.9. The molecule has 4 heteroatoms. The van der Waals surface area contributed by atoms with Gasteiger partial charge in [0.1, 0.15) is 5.84 Å². The lowest BCUT2D eigenvalue weighted by atomic mass is 9.97. The number of rotatable bonds is 5. The molecule has 19 heavy (non-hydrogen) atoms. The quantitative estimate of drug-likeness (QED) is 0.370. The maximum absolute atomic E-state index is 8.98. The van der Waals surface area contributed by atoms with E-state index in [0.29, 0.717) is 5.84 Å². The molecule has 1 fully saturated rings. The summed E-state index contributed by atoms with van der Waals surface area (Å²) in [6.07, 6.45) is 2.49. The molecule has 104 valence electrons. The van der Waals surface area contributed by atoms with Crippen LogP contribution in [-0.2, 0) is 0 Å². The predicted molar refractivity (Wildman–Crippen MR) is 77.4 cm³/mol. The van der Waals surface area contributed by atoms with E-state index >= 15 is 0 Å². The standard InChI is InChI=1S/C15H23N3O/c1-2-12-8-9-18(10-12)11-14(15(16)17-19)13-6-4-3-5-7-13/h3-7,12,14,19H,2,8-11H2,1H3,(H2,16,17). The SMILES string of the molecule is CCC1CCN(CC(/C(N)=N/O)c2ccccc2)C1. The molecule has 1 aromatic rings. The first-order valence-electron chi connectivity index (χ1n) is 6.99. The molecule has 3 N–H and O–H groups in total. The van der Waals surface area contributed by atoms with Crippen LogP contribution >= 0.6 is 0 Å². The predicted octanol–water partition coefficient (Wildman–Crippen LogP) is 2.25. The molecule has 1 saturated heterocycles. The van der Waals surface area contributed by atoms with Gasteiger partial charge in [-0.3, -0.25) is 0 Å². The molecular formula is C15H23N3O. The van der Waals surface area contributed by atoms with Crippen molar-refractivity contribution in [2.45, 2.75) is 25.7 Å². The van der Waals surface area contributed by atoms with Crippen LogP contribution in [0.2, 0.25) is 0 Å². The van der Waals surface area contributed by atoms with Crippen molar-refractivity contribution in [1.82, 2.24) is 4.90 Å². The summed E-state index contributed by atoms with van der Waals surface area (Å²) in [5.74, 6) is 1.07. The number of likely N-dealkylation sites (tertiary alicyclic amines) is 1. The van der Waals surface area contributed by atoms with Crippen LogP contribution in [0.3, 0.4) is 0 Å². The first-order valence-corrected chi connectivity index (χ1v) is 6.99. The first-order chi connectivity index (χ1) is 9.24. The Kier molecular flexibility index (Phi) is 4.80. The van der Waals surface area contributed by atoms with Crippen LogP contribution < -0.4 is 5.73 Å². The molecule has 4 nitrogen and oxygen atoms in total. The van der Waals surface area contributed by atoms with Crippen LogP contribution in [0.5, 0.6) is 0 Å². The number of hydrogen-bond acceptors (Lipinski definition) is 3. The van der Waals surface area contributed by atoms with Gasteiger partial charge < -0.3 is 15.8 Å². The molecule has 1 heterocycles. The number of nitrogens with two attached hydrogens (primary N) is 1. The molecule has 0 saturated carbocycles. The van der Waals surface area contributed by atoms with Crippen molar-refractivity contribution in [2.24, 2.45) is 16.8 Å². The van der Waals surface area contributed by atoms with Gasteiger partial charge in [0, 0.05) is 13.1 Å². The van der Waals surface area contributed by atoms with E-state index in [-0.39, 0.29) is 5.92 Å². The second kappa shape index (κ2) is 6.57. The van der Waals surface area contributed by atoms with Crippen LogP contribution in [0.1, 0.15) is 31.2 Å². The van der Waals surface area contributed by atoms with Gasteiger partial charge in [0.25, 0.3) is 0 Å². The number of amidine groups is 1. The fourth-order valence-corrected chi connectivity index (χ4v) is 2.79. The fourth-order valence-electron chi connectivity index (χ4n) is 2.79. The van der Waals surface area contributed by atoms with Crippen LogP contribution in [0.4, 0.5) is 0 Å². The van der Waals surface area contributed by atoms with Gasteiger partial charge >= 0.3 is 0 Å². The van der Waals surface area contributed by atoms with Crippen LogP contribution in [0, 0.1) is 5.92 Å². The third-order valence-electron chi connectivity index (χ3n) is 4.06. The highest BCUT2D eigenvalue weighted by molar-refractivity contribution is 5.87. The van der Waals surface area contributed by atoms with Crippen molar-refractivity contribution in [3.63, 3.8) is 0 Å². The summed E-state index contributed by atoms with van der Waals surface area (Å²) in [7, 11) is 0. The van der Waals surface area contributed by atoms with E-state index in [4.69, 9.17) is 10.9 Å². The van der Waals surface area contributed by atoms with Crippen molar-refractivity contribution >= 4 is 5.84 Å². The molecule has 0 aromatic heterocycles. The third-order valence-corrected chi connectivity index (χ3v) is 4.06. The minimum absolute atomic E-state index is 0.0261. The molecule has 2 rings (SSSR count). The largest absolute Gasteiger partial charge is 0.409 e. The molecule has 2 atom stereocenters. The molecule has 1 aliphatic rings. The minimum Gasteiger partial charge on any atom is -0.409 e. The Hall–Kier alpha value is -1.55. The number of hydrogen-bond donors (Lipinski definition) is 2. The van der Waals surface area contributed by atoms with E-state index in [9.17, 15) is 0 Å². The van der Waals surface area contributed by atoms with E-state index in [0.717, 1.165) is 31.1 Å². The fraction of sp³-hybridized carbons (Fsp3) is 0.533. The normalized spacial score (nSPS) is 22.6. The van der Waals surface area contributed by atoms with Crippen molar-refractivity contribution < 1.29 is 5.21 Å². The highest BCUT2D eigenvalue weighted by Crippen LogP contribution is 2.24. The van der Waals surface area contributed by atoms with E-state index in [1.807, 2.05) is 30.3 Å². The molecule has 2 unspecified atom stereocenters. The van der Waals surface area contributed by atoms with E-state index in [1.165, 1.54) is 12.8 Å². The zero-order valence-corrected chi connectivity index (χ0v) is 11.5. The molecule has 1 aliphatic heterocycles. The monoisotopic (exact) mass is 261 g/mol. The Morgan fingerprint density at radius 2 is 2.21 bits per heavy atom. The summed E-state index contributed by atoms with van der Waals surface area (Å²) in [6, 6.07) is 10.0. The lowest BCUT2D eigenvalue weighted by Gasteiger charge is -2.23. The van der Waals surface area contributed by atoms with Crippen molar-refractivity contribution in [3.8, 4) is 0 Å². The van der Waals surface area contributed by atoms with Gasteiger partial charge in [0.05, 0.1) is 5.92 Å². The minimum atomic E-state index is -0.0261. The van der Waals surface area contributed by atoms with Crippen molar-refractivity contribution in [2.75, 3.05) is 19.6 Å². The lowest BCUT2D eigenvalue weighted by Crippen LogP contribution is -2.34. The van der Waals surface area contributed by atoms with Crippen LogP contribution in [-0.4, -0.2) is 35.6 Å². The number of oxime groups is 1. The van der Waals surface area contributed by atoms with Gasteiger partial charge in [-0.15, -0.1) is 0 Å². The number of nitrogens with zero attached hydrogens (tertiary/aromatic N) is 2. The molecule has 0 amide bonds. The van der Waals surface area contributed by atoms with Gasteiger partial charge in [0.2, 0.25) is 0 Å². The third kappa shape index (κ3) is 3.47. The van der Waals surface area contributed by atoms with Gasteiger partial charge in [-0.25, -0.2) is 0 Å². The average Bonchev–Trinajstić information content (AvgIpc) is 2.92. The smallest absolute Gasteiger partial charge is 0.147 e. The molecule has 0 bridgehead atoms. The van der Waals surface area contributed by atoms with E-state index < -0.39 is 0 Å². The summed E-state index contributed by atoms with van der Waals surface area (Å²) in [6.45, 7) is 5.31. The summed E-state index contributed by atoms with van der Waals surface area (Å²) in [5, 5.41) is 12.2. The van der Waals surface area contributed by atoms with Gasteiger partial charge in [-0.05, 0) is 24.4 Å². The van der Waals surface area contributed by atoms with E-state index in [1.54, 1.807) is 0 Å². The lowest BCUT2D eigenvalue weighted by molar-refractivity contribution is 0.301. The topological polar surface area (TPSA) is 61.8 Å². The van der Waals surface area contributed by atoms with Crippen molar-refractivity contribution in [1.29, 1.82) is 0 Å². The Morgan fingerprint density at radius 3 is 2.79 bits per heavy atom. The highest BCUT2D eigenvalue weighted by Gasteiger charge is 2.26. The summed E-state index contributed by atoms with van der Waals surface area (Å²) in [4.78, 5) is 2.42. The summed E-state index contributed by atoms with van der Waals surface area (Å²) < 4.78 is 0. The van der Waals surface area contributed by atoms with Crippen molar-refractivity contribution in [3.05, 3.63) is 35.9 Å². The zero-order chi connectivity index (χ0) is 13.7. The van der Waals surface area contributed by atoms with Gasteiger partial charge in [-0.2, -0.15) is 0 Å². The summed E-state index contributed by atoms with van der Waals surface area (Å²) >= 11 is 0. The highest BCUT2D eigenvalue weighted by atomic mass is 16.4. The Balaban J connectivity index is 2.08. The zero-order valence-electron chi connectivity index (χ0n) is 11.5. The molecule has 1 aromatic carbocycles. The molecule has 0 aliphatic carbocycles. The molecular weight excluding hydrogens is 238 g/mol. The summed E-state index contributed by atoms with van der Waals surface area (Å²) in [5.41, 5.74) is 6.98. The van der Waals surface area contributed by atoms with Crippen LogP contribution in [0.25, 0.3) is 0 Å². The Morgan fingerprint density at radius 1 is 1.47 bits per heavy atom. The van der Waals surface area contributed by atoms with Gasteiger partial charge in [0.15, 0.2) is 0 Å². The van der Waals surface area contributed by atoms with Crippen LogP contribution in [0.15, 0.2) is 35.5 Å². The average molecular weight is 261 g/mol. The number of benzene rings is 1. The maximum atomic E-state index is 8.98. The second-order valence-corrected chi connectivity index (χ2v) is 5.31. The molecule has 0 radical (unpaired) electrons. The second-order valence-electron chi connectivity index (χ2n) is 5.31. The maximum Gasteiger partial charge on any atom is 0.147 e. The Bertz CT molecular complexity index is 419.